The van der Waals surface area contributed by atoms with Crippen LogP contribution in [-0.2, 0) is 0 Å². The Labute approximate surface area is 157 Å². The Morgan fingerprint density at radius 3 is 2.20 bits per heavy atom. The van der Waals surface area contributed by atoms with Crippen LogP contribution in [0.25, 0.3) is 0 Å². The first-order chi connectivity index (χ1) is 11.9. The van der Waals surface area contributed by atoms with Crippen LogP contribution in [0.15, 0.2) is 42.5 Å². The van der Waals surface area contributed by atoms with Crippen molar-refractivity contribution in [1.82, 2.24) is 4.90 Å². The SMILES string of the molecule is CCN(CC)C(=O)c1ccc(NC(=S)Nc2ccc(F)c(Cl)c2)cc1. The summed E-state index contributed by atoms with van der Waals surface area (Å²) in [6.07, 6.45) is 0. The zero-order chi connectivity index (χ0) is 18.4. The van der Waals surface area contributed by atoms with E-state index in [0.717, 1.165) is 5.69 Å². The average molecular weight is 380 g/mol. The lowest BCUT2D eigenvalue weighted by molar-refractivity contribution is 0.0773. The zero-order valence-electron chi connectivity index (χ0n) is 14.0. The van der Waals surface area contributed by atoms with E-state index in [1.54, 1.807) is 35.2 Å². The molecule has 1 amide bonds. The molecule has 0 saturated carbocycles. The molecular weight excluding hydrogens is 361 g/mol. The minimum Gasteiger partial charge on any atom is -0.339 e. The van der Waals surface area contributed by atoms with E-state index in [4.69, 9.17) is 23.8 Å². The molecule has 0 unspecified atom stereocenters. The lowest BCUT2D eigenvalue weighted by Gasteiger charge is -2.18. The fourth-order valence-electron chi connectivity index (χ4n) is 2.26. The fourth-order valence-corrected chi connectivity index (χ4v) is 2.67. The van der Waals surface area contributed by atoms with Crippen LogP contribution in [0.3, 0.4) is 0 Å². The third-order valence-corrected chi connectivity index (χ3v) is 4.11. The molecule has 2 N–H and O–H groups in total. The van der Waals surface area contributed by atoms with Gasteiger partial charge in [-0.1, -0.05) is 11.6 Å². The number of benzene rings is 2. The van der Waals surface area contributed by atoms with Gasteiger partial charge in [-0.15, -0.1) is 0 Å². The van der Waals surface area contributed by atoms with Crippen LogP contribution >= 0.6 is 23.8 Å². The van der Waals surface area contributed by atoms with Crippen molar-refractivity contribution in [1.29, 1.82) is 0 Å². The van der Waals surface area contributed by atoms with Gasteiger partial charge < -0.3 is 15.5 Å². The second kappa shape index (κ2) is 8.78. The summed E-state index contributed by atoms with van der Waals surface area (Å²) in [6.45, 7) is 5.24. The Hall–Kier alpha value is -2.18. The van der Waals surface area contributed by atoms with Gasteiger partial charge in [-0.05, 0) is 68.5 Å². The normalized spacial score (nSPS) is 10.2. The third-order valence-electron chi connectivity index (χ3n) is 3.62. The van der Waals surface area contributed by atoms with Crippen molar-refractivity contribution < 1.29 is 9.18 Å². The van der Waals surface area contributed by atoms with Crippen LogP contribution in [0.4, 0.5) is 15.8 Å². The lowest BCUT2D eigenvalue weighted by atomic mass is 10.2. The molecule has 0 atom stereocenters. The summed E-state index contributed by atoms with van der Waals surface area (Å²) in [7, 11) is 0. The molecule has 132 valence electrons. The average Bonchev–Trinajstić information content (AvgIpc) is 2.59. The summed E-state index contributed by atoms with van der Waals surface area (Å²) in [4.78, 5) is 14.0. The molecule has 0 fully saturated rings. The smallest absolute Gasteiger partial charge is 0.253 e. The Balaban J connectivity index is 1.99. The predicted molar refractivity (Wildman–Crippen MR) is 105 cm³/mol. The summed E-state index contributed by atoms with van der Waals surface area (Å²) in [6, 6.07) is 11.3. The number of nitrogens with one attached hydrogen (secondary N) is 2. The number of hydrogen-bond acceptors (Lipinski definition) is 2. The molecule has 25 heavy (non-hydrogen) atoms. The summed E-state index contributed by atoms with van der Waals surface area (Å²) < 4.78 is 13.2. The summed E-state index contributed by atoms with van der Waals surface area (Å²) in [5.41, 5.74) is 1.94. The fraction of sp³-hybridized carbons (Fsp3) is 0.222. The van der Waals surface area contributed by atoms with E-state index in [9.17, 15) is 9.18 Å². The highest BCUT2D eigenvalue weighted by atomic mass is 35.5. The van der Waals surface area contributed by atoms with Crippen LogP contribution in [0.2, 0.25) is 5.02 Å². The van der Waals surface area contributed by atoms with E-state index in [-0.39, 0.29) is 10.9 Å². The number of carbonyl (C=O) groups is 1. The molecule has 4 nitrogen and oxygen atoms in total. The molecule has 0 aliphatic rings. The van der Waals surface area contributed by atoms with Crippen LogP contribution in [-0.4, -0.2) is 29.0 Å². The molecule has 0 aromatic heterocycles. The quantitative estimate of drug-likeness (QED) is 0.734. The second-order valence-corrected chi connectivity index (χ2v) is 6.08. The molecule has 7 heteroatoms. The summed E-state index contributed by atoms with van der Waals surface area (Å²) in [5, 5.41) is 6.29. The number of rotatable bonds is 5. The standard InChI is InChI=1S/C18H19ClFN3OS/c1-3-23(4-2)17(24)12-5-7-13(8-6-12)21-18(25)22-14-9-10-16(20)15(19)11-14/h5-11H,3-4H2,1-2H3,(H2,21,22,25). The van der Waals surface area contributed by atoms with Gasteiger partial charge in [0.25, 0.3) is 5.91 Å². The van der Waals surface area contributed by atoms with E-state index in [1.807, 2.05) is 13.8 Å². The van der Waals surface area contributed by atoms with E-state index in [1.165, 1.54) is 12.1 Å². The van der Waals surface area contributed by atoms with E-state index in [2.05, 4.69) is 10.6 Å². The third kappa shape index (κ3) is 5.14. The van der Waals surface area contributed by atoms with Crippen LogP contribution in [0.1, 0.15) is 24.2 Å². The minimum absolute atomic E-state index is 0.00166. The number of hydrogen-bond donors (Lipinski definition) is 2. The van der Waals surface area contributed by atoms with E-state index >= 15 is 0 Å². The van der Waals surface area contributed by atoms with Crippen molar-refractivity contribution in [2.24, 2.45) is 0 Å². The van der Waals surface area contributed by atoms with Crippen molar-refractivity contribution in [3.8, 4) is 0 Å². The van der Waals surface area contributed by atoms with Crippen LogP contribution in [0.5, 0.6) is 0 Å². The highest BCUT2D eigenvalue weighted by Crippen LogP contribution is 2.20. The molecule has 0 heterocycles. The minimum atomic E-state index is -0.487. The molecule has 2 rings (SSSR count). The zero-order valence-corrected chi connectivity index (χ0v) is 15.5. The number of thiocarbonyl (C=S) groups is 1. The first kappa shape index (κ1) is 19.1. The topological polar surface area (TPSA) is 44.4 Å². The van der Waals surface area contributed by atoms with E-state index in [0.29, 0.717) is 29.5 Å². The number of carbonyl (C=O) groups excluding carboxylic acids is 1. The highest BCUT2D eigenvalue weighted by molar-refractivity contribution is 7.80. The Kier molecular flexibility index (Phi) is 6.73. The molecular formula is C18H19ClFN3OS. The largest absolute Gasteiger partial charge is 0.339 e. The van der Waals surface area contributed by atoms with Crippen LogP contribution < -0.4 is 10.6 Å². The highest BCUT2D eigenvalue weighted by Gasteiger charge is 2.12. The molecule has 0 bridgehead atoms. The second-order valence-electron chi connectivity index (χ2n) is 5.26. The van der Waals surface area contributed by atoms with Gasteiger partial charge in [-0.3, -0.25) is 4.79 Å². The molecule has 2 aromatic carbocycles. The lowest BCUT2D eigenvalue weighted by Crippen LogP contribution is -2.30. The number of amides is 1. The van der Waals surface area contributed by atoms with Crippen molar-refractivity contribution >= 4 is 46.2 Å². The van der Waals surface area contributed by atoms with Crippen molar-refractivity contribution in [3.63, 3.8) is 0 Å². The molecule has 0 spiro atoms. The van der Waals surface area contributed by atoms with Crippen molar-refractivity contribution in [2.45, 2.75) is 13.8 Å². The number of halogens is 2. The van der Waals surface area contributed by atoms with Gasteiger partial charge >= 0.3 is 0 Å². The van der Waals surface area contributed by atoms with Gasteiger partial charge in [0.1, 0.15) is 5.82 Å². The molecule has 0 aliphatic heterocycles. The van der Waals surface area contributed by atoms with Crippen molar-refractivity contribution in [2.75, 3.05) is 23.7 Å². The van der Waals surface area contributed by atoms with Gasteiger partial charge in [0.2, 0.25) is 0 Å². The first-order valence-electron chi connectivity index (χ1n) is 7.87. The van der Waals surface area contributed by atoms with Crippen LogP contribution in [0, 0.1) is 5.82 Å². The van der Waals surface area contributed by atoms with Gasteiger partial charge in [0.15, 0.2) is 5.11 Å². The van der Waals surface area contributed by atoms with Crippen molar-refractivity contribution in [3.05, 3.63) is 58.9 Å². The van der Waals surface area contributed by atoms with E-state index < -0.39 is 5.82 Å². The molecule has 0 aliphatic carbocycles. The summed E-state index contributed by atoms with van der Waals surface area (Å²) >= 11 is 11.0. The maximum Gasteiger partial charge on any atom is 0.253 e. The maximum absolute atomic E-state index is 13.2. The Morgan fingerprint density at radius 1 is 1.08 bits per heavy atom. The van der Waals surface area contributed by atoms with Gasteiger partial charge in [0, 0.05) is 30.0 Å². The Morgan fingerprint density at radius 2 is 1.64 bits per heavy atom. The number of anilines is 2. The summed E-state index contributed by atoms with van der Waals surface area (Å²) in [5.74, 6) is -0.488. The molecule has 0 radical (unpaired) electrons. The van der Waals surface area contributed by atoms with Gasteiger partial charge in [-0.25, -0.2) is 4.39 Å². The maximum atomic E-state index is 13.2. The first-order valence-corrected chi connectivity index (χ1v) is 8.65. The Bertz CT molecular complexity index is 763. The van der Waals surface area contributed by atoms with Gasteiger partial charge in [-0.2, -0.15) is 0 Å². The monoisotopic (exact) mass is 379 g/mol. The number of nitrogens with zero attached hydrogens (tertiary/aromatic N) is 1. The molecule has 0 saturated heterocycles. The predicted octanol–water partition coefficient (Wildman–Crippen LogP) is 4.77. The van der Waals surface area contributed by atoms with Gasteiger partial charge in [0.05, 0.1) is 5.02 Å². The molecule has 2 aromatic rings.